The zero-order valence-electron chi connectivity index (χ0n) is 18.9. The highest BCUT2D eigenvalue weighted by molar-refractivity contribution is 6.30. The van der Waals surface area contributed by atoms with Gasteiger partial charge in [0.2, 0.25) is 5.91 Å². The molecule has 0 saturated carbocycles. The zero-order chi connectivity index (χ0) is 24.9. The second-order valence-electron chi connectivity index (χ2n) is 8.05. The summed E-state index contributed by atoms with van der Waals surface area (Å²) in [7, 11) is 1.58. The van der Waals surface area contributed by atoms with Crippen LogP contribution in [0.15, 0.2) is 77.7 Å². The minimum atomic E-state index is -0.617. The summed E-state index contributed by atoms with van der Waals surface area (Å²) in [5, 5.41) is 13.9. The van der Waals surface area contributed by atoms with Gasteiger partial charge >= 0.3 is 0 Å². The molecule has 9 heteroatoms. The van der Waals surface area contributed by atoms with Crippen molar-refractivity contribution in [3.05, 3.63) is 105 Å². The number of para-hydroxylation sites is 1. The summed E-state index contributed by atoms with van der Waals surface area (Å²) in [6.45, 7) is 0.0599. The number of phenols is 1. The maximum atomic E-state index is 13.3. The van der Waals surface area contributed by atoms with Crippen LogP contribution < -0.4 is 10.9 Å². The SMILES string of the molecule is CN(Cc1ccccc1O)C(=O)Cn1c(=O)c(C(=O)NCc2ccc(Cl)cc2)cc2cccnc21. The van der Waals surface area contributed by atoms with E-state index in [4.69, 9.17) is 11.6 Å². The molecule has 0 aliphatic carbocycles. The van der Waals surface area contributed by atoms with E-state index in [-0.39, 0.29) is 36.9 Å². The fourth-order valence-electron chi connectivity index (χ4n) is 3.64. The Morgan fingerprint density at radius 3 is 2.57 bits per heavy atom. The second kappa shape index (κ2) is 10.4. The van der Waals surface area contributed by atoms with Gasteiger partial charge in [0.1, 0.15) is 23.5 Å². The van der Waals surface area contributed by atoms with Gasteiger partial charge in [-0.1, -0.05) is 41.9 Å². The van der Waals surface area contributed by atoms with E-state index >= 15 is 0 Å². The van der Waals surface area contributed by atoms with Crippen LogP contribution in [0.3, 0.4) is 0 Å². The maximum absolute atomic E-state index is 13.3. The number of likely N-dealkylation sites (N-methyl/N-ethyl adjacent to an activating group) is 1. The van der Waals surface area contributed by atoms with E-state index in [1.165, 1.54) is 21.7 Å². The molecule has 0 aliphatic heterocycles. The molecule has 0 bridgehead atoms. The van der Waals surface area contributed by atoms with Gasteiger partial charge in [-0.2, -0.15) is 0 Å². The molecule has 8 nitrogen and oxygen atoms in total. The predicted octanol–water partition coefficient (Wildman–Crippen LogP) is 3.34. The summed E-state index contributed by atoms with van der Waals surface area (Å²) in [6, 6.07) is 18.6. The first kappa shape index (κ1) is 24.0. The van der Waals surface area contributed by atoms with Crippen molar-refractivity contribution in [3.8, 4) is 5.75 Å². The van der Waals surface area contributed by atoms with Crippen LogP contribution in [0, 0.1) is 0 Å². The number of hydrogen-bond acceptors (Lipinski definition) is 5. The number of carbonyl (C=O) groups is 2. The van der Waals surface area contributed by atoms with Gasteiger partial charge in [-0.05, 0) is 42.0 Å². The van der Waals surface area contributed by atoms with Gasteiger partial charge in [0, 0.05) is 42.3 Å². The van der Waals surface area contributed by atoms with Gasteiger partial charge in [0.05, 0.1) is 0 Å². The number of pyridine rings is 2. The van der Waals surface area contributed by atoms with E-state index in [2.05, 4.69) is 10.3 Å². The molecule has 0 radical (unpaired) electrons. The first-order valence-electron chi connectivity index (χ1n) is 10.9. The molecular weight excluding hydrogens is 468 g/mol. The number of phenolic OH excluding ortho intramolecular Hbond substituents is 1. The van der Waals surface area contributed by atoms with Crippen molar-refractivity contribution < 1.29 is 14.7 Å². The van der Waals surface area contributed by atoms with Gasteiger partial charge in [-0.15, -0.1) is 0 Å². The minimum absolute atomic E-state index is 0.0794. The smallest absolute Gasteiger partial charge is 0.265 e. The fourth-order valence-corrected chi connectivity index (χ4v) is 3.77. The predicted molar refractivity (Wildman–Crippen MR) is 133 cm³/mol. The molecule has 4 rings (SSSR count). The van der Waals surface area contributed by atoms with Crippen LogP contribution in [0.5, 0.6) is 5.75 Å². The molecule has 2 heterocycles. The standard InChI is InChI=1S/C26H23ClN4O4/c1-30(15-19-5-2-3-7-22(19)32)23(33)16-31-24-18(6-4-12-28-24)13-21(26(31)35)25(34)29-14-17-8-10-20(27)11-9-17/h2-13,32H,14-16H2,1H3,(H,29,34). The molecule has 0 fully saturated rings. The number of fused-ring (bicyclic) bond motifs is 1. The Morgan fingerprint density at radius 2 is 1.83 bits per heavy atom. The topological polar surface area (TPSA) is 105 Å². The third kappa shape index (κ3) is 5.50. The van der Waals surface area contributed by atoms with Crippen LogP contribution in [0.1, 0.15) is 21.5 Å². The number of carbonyl (C=O) groups excluding carboxylic acids is 2. The Morgan fingerprint density at radius 1 is 1.09 bits per heavy atom. The Labute approximate surface area is 206 Å². The van der Waals surface area contributed by atoms with Crippen LogP contribution in [-0.2, 0) is 24.4 Å². The molecule has 2 aromatic heterocycles. The van der Waals surface area contributed by atoms with Crippen LogP contribution in [0.2, 0.25) is 5.02 Å². The number of nitrogens with zero attached hydrogens (tertiary/aromatic N) is 3. The van der Waals surface area contributed by atoms with Crippen molar-refractivity contribution in [2.24, 2.45) is 0 Å². The van der Waals surface area contributed by atoms with Gasteiger partial charge in [0.25, 0.3) is 11.5 Å². The molecule has 2 amide bonds. The van der Waals surface area contributed by atoms with Crippen molar-refractivity contribution in [2.45, 2.75) is 19.6 Å². The second-order valence-corrected chi connectivity index (χ2v) is 8.49. The lowest BCUT2D eigenvalue weighted by Gasteiger charge is -2.19. The van der Waals surface area contributed by atoms with Crippen molar-refractivity contribution in [2.75, 3.05) is 7.05 Å². The monoisotopic (exact) mass is 490 g/mol. The van der Waals surface area contributed by atoms with E-state index in [0.717, 1.165) is 5.56 Å². The lowest BCUT2D eigenvalue weighted by Crippen LogP contribution is -2.37. The molecule has 2 N–H and O–H groups in total. The van der Waals surface area contributed by atoms with E-state index < -0.39 is 11.5 Å². The highest BCUT2D eigenvalue weighted by atomic mass is 35.5. The highest BCUT2D eigenvalue weighted by Gasteiger charge is 2.20. The first-order valence-corrected chi connectivity index (χ1v) is 11.2. The lowest BCUT2D eigenvalue weighted by molar-refractivity contribution is -0.131. The molecular formula is C26H23ClN4O4. The number of aromatic nitrogens is 2. The Kier molecular flexibility index (Phi) is 7.12. The summed E-state index contributed by atoms with van der Waals surface area (Å²) in [5.41, 5.74) is 1.00. The number of rotatable bonds is 7. The van der Waals surface area contributed by atoms with Crippen molar-refractivity contribution in [1.29, 1.82) is 0 Å². The van der Waals surface area contributed by atoms with Crippen LogP contribution in [0.25, 0.3) is 11.0 Å². The molecule has 0 saturated heterocycles. The van der Waals surface area contributed by atoms with Crippen molar-refractivity contribution in [1.82, 2.24) is 19.8 Å². The molecule has 0 aliphatic rings. The quantitative estimate of drug-likeness (QED) is 0.413. The lowest BCUT2D eigenvalue weighted by atomic mass is 10.1. The van der Waals surface area contributed by atoms with Gasteiger partial charge in [-0.25, -0.2) is 4.98 Å². The number of nitrogens with one attached hydrogen (secondary N) is 1. The average Bonchev–Trinajstić information content (AvgIpc) is 2.86. The third-order valence-corrected chi connectivity index (χ3v) is 5.83. The Hall–Kier alpha value is -4.17. The zero-order valence-corrected chi connectivity index (χ0v) is 19.7. The molecule has 0 spiro atoms. The van der Waals surface area contributed by atoms with Crippen LogP contribution in [-0.4, -0.2) is 38.4 Å². The molecule has 4 aromatic rings. The Balaban J connectivity index is 1.59. The minimum Gasteiger partial charge on any atom is -0.508 e. The normalized spacial score (nSPS) is 10.8. The van der Waals surface area contributed by atoms with Gasteiger partial charge in [-0.3, -0.25) is 19.0 Å². The summed E-state index contributed by atoms with van der Waals surface area (Å²) in [5.74, 6) is -0.851. The Bertz CT molecular complexity index is 1450. The summed E-state index contributed by atoms with van der Waals surface area (Å²) in [6.07, 6.45) is 1.52. The van der Waals surface area contributed by atoms with Crippen LogP contribution >= 0.6 is 11.6 Å². The number of amides is 2. The number of aromatic hydroxyl groups is 1. The highest BCUT2D eigenvalue weighted by Crippen LogP contribution is 2.18. The van der Waals surface area contributed by atoms with Crippen molar-refractivity contribution in [3.63, 3.8) is 0 Å². The van der Waals surface area contributed by atoms with Gasteiger partial charge < -0.3 is 15.3 Å². The summed E-state index contributed by atoms with van der Waals surface area (Å²) >= 11 is 5.90. The molecule has 0 atom stereocenters. The largest absolute Gasteiger partial charge is 0.508 e. The fraction of sp³-hybridized carbons (Fsp3) is 0.154. The maximum Gasteiger partial charge on any atom is 0.265 e. The number of hydrogen-bond donors (Lipinski definition) is 2. The molecule has 35 heavy (non-hydrogen) atoms. The van der Waals surface area contributed by atoms with Crippen LogP contribution in [0.4, 0.5) is 0 Å². The van der Waals surface area contributed by atoms with E-state index in [1.807, 2.05) is 0 Å². The first-order chi connectivity index (χ1) is 16.8. The molecule has 0 unspecified atom stereocenters. The molecule has 2 aromatic carbocycles. The summed E-state index contributed by atoms with van der Waals surface area (Å²) in [4.78, 5) is 44.8. The van der Waals surface area contributed by atoms with E-state index in [0.29, 0.717) is 21.6 Å². The number of halogens is 1. The van der Waals surface area contributed by atoms with Crippen molar-refractivity contribution >= 4 is 34.4 Å². The third-order valence-electron chi connectivity index (χ3n) is 5.58. The van der Waals surface area contributed by atoms with E-state index in [1.54, 1.807) is 67.7 Å². The number of benzene rings is 2. The van der Waals surface area contributed by atoms with E-state index in [9.17, 15) is 19.5 Å². The molecule has 178 valence electrons. The van der Waals surface area contributed by atoms with Gasteiger partial charge in [0.15, 0.2) is 0 Å². The average molecular weight is 491 g/mol. The summed E-state index contributed by atoms with van der Waals surface area (Å²) < 4.78 is 1.20.